The number of carbonyl (C=O) groups is 1. The van der Waals surface area contributed by atoms with Crippen LogP contribution in [0.2, 0.25) is 0 Å². The number of amides is 1. The van der Waals surface area contributed by atoms with E-state index in [0.717, 1.165) is 16.5 Å². The van der Waals surface area contributed by atoms with E-state index in [1.807, 2.05) is 24.3 Å². The van der Waals surface area contributed by atoms with Crippen LogP contribution in [0.5, 0.6) is 0 Å². The van der Waals surface area contributed by atoms with Crippen LogP contribution in [0.15, 0.2) is 28.7 Å². The molecule has 0 radical (unpaired) electrons. The third kappa shape index (κ3) is 3.32. The second kappa shape index (κ2) is 5.67. The van der Waals surface area contributed by atoms with Gasteiger partial charge in [-0.15, -0.1) is 0 Å². The Hall–Kier alpha value is -0.830. The molecule has 1 saturated carbocycles. The van der Waals surface area contributed by atoms with Gasteiger partial charge in [0.1, 0.15) is 0 Å². The van der Waals surface area contributed by atoms with Gasteiger partial charge in [0, 0.05) is 16.9 Å². The number of rotatable bonds is 3. The SMILES string of the molecule is CC1CCCC1C(=O)NCc1cccc(Br)c1. The fourth-order valence-electron chi connectivity index (χ4n) is 2.50. The van der Waals surface area contributed by atoms with Crippen molar-refractivity contribution in [2.45, 2.75) is 32.7 Å². The van der Waals surface area contributed by atoms with Crippen LogP contribution in [0.3, 0.4) is 0 Å². The van der Waals surface area contributed by atoms with Crippen LogP contribution in [0.4, 0.5) is 0 Å². The summed E-state index contributed by atoms with van der Waals surface area (Å²) in [5, 5.41) is 3.04. The highest BCUT2D eigenvalue weighted by molar-refractivity contribution is 9.10. The van der Waals surface area contributed by atoms with Crippen molar-refractivity contribution in [3.05, 3.63) is 34.3 Å². The molecule has 17 heavy (non-hydrogen) atoms. The van der Waals surface area contributed by atoms with Crippen molar-refractivity contribution in [3.8, 4) is 0 Å². The Kier molecular flexibility index (Phi) is 4.21. The van der Waals surface area contributed by atoms with Gasteiger partial charge in [-0.25, -0.2) is 0 Å². The number of nitrogens with one attached hydrogen (secondary N) is 1. The molecule has 1 amide bonds. The lowest BCUT2D eigenvalue weighted by molar-refractivity contribution is -0.126. The first-order chi connectivity index (χ1) is 8.16. The van der Waals surface area contributed by atoms with E-state index in [0.29, 0.717) is 12.5 Å². The van der Waals surface area contributed by atoms with E-state index in [1.165, 1.54) is 12.8 Å². The van der Waals surface area contributed by atoms with Crippen molar-refractivity contribution in [1.82, 2.24) is 5.32 Å². The Morgan fingerprint density at radius 2 is 2.29 bits per heavy atom. The molecular weight excluding hydrogens is 278 g/mol. The van der Waals surface area contributed by atoms with Crippen molar-refractivity contribution in [3.63, 3.8) is 0 Å². The number of benzene rings is 1. The smallest absolute Gasteiger partial charge is 0.223 e. The van der Waals surface area contributed by atoms with Crippen LogP contribution >= 0.6 is 15.9 Å². The lowest BCUT2D eigenvalue weighted by atomic mass is 9.97. The monoisotopic (exact) mass is 295 g/mol. The maximum absolute atomic E-state index is 12.0. The Bertz CT molecular complexity index is 405. The average Bonchev–Trinajstić information content (AvgIpc) is 2.72. The molecule has 2 unspecified atom stereocenters. The highest BCUT2D eigenvalue weighted by atomic mass is 79.9. The van der Waals surface area contributed by atoms with Gasteiger partial charge in [-0.05, 0) is 36.5 Å². The van der Waals surface area contributed by atoms with Crippen LogP contribution in [-0.2, 0) is 11.3 Å². The topological polar surface area (TPSA) is 29.1 Å². The minimum Gasteiger partial charge on any atom is -0.352 e. The van der Waals surface area contributed by atoms with Crippen molar-refractivity contribution < 1.29 is 4.79 Å². The van der Waals surface area contributed by atoms with Gasteiger partial charge in [-0.1, -0.05) is 41.4 Å². The summed E-state index contributed by atoms with van der Waals surface area (Å²) in [4.78, 5) is 12.0. The van der Waals surface area contributed by atoms with Gasteiger partial charge < -0.3 is 5.32 Å². The summed E-state index contributed by atoms with van der Waals surface area (Å²) in [7, 11) is 0. The van der Waals surface area contributed by atoms with Gasteiger partial charge in [-0.2, -0.15) is 0 Å². The predicted octanol–water partition coefficient (Wildman–Crippen LogP) is 3.50. The molecule has 1 aliphatic carbocycles. The maximum atomic E-state index is 12.0. The van der Waals surface area contributed by atoms with Gasteiger partial charge in [-0.3, -0.25) is 4.79 Å². The van der Waals surface area contributed by atoms with Gasteiger partial charge in [0.15, 0.2) is 0 Å². The van der Waals surface area contributed by atoms with Crippen molar-refractivity contribution in [2.24, 2.45) is 11.8 Å². The summed E-state index contributed by atoms with van der Waals surface area (Å²) in [5.74, 6) is 0.981. The molecule has 0 heterocycles. The Balaban J connectivity index is 1.88. The van der Waals surface area contributed by atoms with Gasteiger partial charge in [0.05, 0.1) is 0 Å². The van der Waals surface area contributed by atoms with Crippen molar-refractivity contribution >= 4 is 21.8 Å². The largest absolute Gasteiger partial charge is 0.352 e. The summed E-state index contributed by atoms with van der Waals surface area (Å²) in [6.45, 7) is 2.80. The molecule has 0 bridgehead atoms. The van der Waals surface area contributed by atoms with E-state index in [-0.39, 0.29) is 11.8 Å². The highest BCUT2D eigenvalue weighted by Gasteiger charge is 2.29. The minimum absolute atomic E-state index is 0.218. The molecule has 0 saturated heterocycles. The first-order valence-corrected chi connectivity index (χ1v) is 6.98. The Morgan fingerprint density at radius 3 is 2.94 bits per heavy atom. The summed E-state index contributed by atoms with van der Waals surface area (Å²) < 4.78 is 1.05. The molecule has 0 aliphatic heterocycles. The summed E-state index contributed by atoms with van der Waals surface area (Å²) in [5.41, 5.74) is 1.14. The number of halogens is 1. The third-order valence-electron chi connectivity index (χ3n) is 3.55. The lowest BCUT2D eigenvalue weighted by Gasteiger charge is -2.15. The van der Waals surface area contributed by atoms with Crippen LogP contribution in [0.25, 0.3) is 0 Å². The van der Waals surface area contributed by atoms with Crippen LogP contribution < -0.4 is 5.32 Å². The molecular formula is C14H18BrNO. The summed E-state index contributed by atoms with van der Waals surface area (Å²) in [6.07, 6.45) is 3.43. The molecule has 0 aromatic heterocycles. The van der Waals surface area contributed by atoms with E-state index in [4.69, 9.17) is 0 Å². The molecule has 1 aromatic carbocycles. The molecule has 1 aromatic rings. The number of hydrogen-bond donors (Lipinski definition) is 1. The van der Waals surface area contributed by atoms with E-state index in [1.54, 1.807) is 0 Å². The molecule has 1 fully saturated rings. The van der Waals surface area contributed by atoms with Gasteiger partial charge in [0.2, 0.25) is 5.91 Å². The first kappa shape index (κ1) is 12.6. The zero-order valence-corrected chi connectivity index (χ0v) is 11.7. The van der Waals surface area contributed by atoms with E-state index >= 15 is 0 Å². The Morgan fingerprint density at radius 1 is 1.47 bits per heavy atom. The molecule has 2 nitrogen and oxygen atoms in total. The van der Waals surface area contributed by atoms with E-state index in [2.05, 4.69) is 28.2 Å². The summed E-state index contributed by atoms with van der Waals surface area (Å²) >= 11 is 3.43. The molecule has 1 N–H and O–H groups in total. The molecule has 3 heteroatoms. The van der Waals surface area contributed by atoms with Crippen molar-refractivity contribution in [2.75, 3.05) is 0 Å². The average molecular weight is 296 g/mol. The molecule has 2 atom stereocenters. The number of hydrogen-bond acceptors (Lipinski definition) is 1. The number of carbonyl (C=O) groups excluding carboxylic acids is 1. The molecule has 0 spiro atoms. The zero-order chi connectivity index (χ0) is 12.3. The second-order valence-corrected chi connectivity index (χ2v) is 5.78. The minimum atomic E-state index is 0.218. The zero-order valence-electron chi connectivity index (χ0n) is 10.1. The third-order valence-corrected chi connectivity index (χ3v) is 4.05. The lowest BCUT2D eigenvalue weighted by Crippen LogP contribution is -2.31. The van der Waals surface area contributed by atoms with E-state index in [9.17, 15) is 4.79 Å². The maximum Gasteiger partial charge on any atom is 0.223 e. The second-order valence-electron chi connectivity index (χ2n) is 4.86. The van der Waals surface area contributed by atoms with Crippen LogP contribution in [-0.4, -0.2) is 5.91 Å². The van der Waals surface area contributed by atoms with Crippen LogP contribution in [0, 0.1) is 11.8 Å². The Labute approximate surface area is 111 Å². The molecule has 2 rings (SSSR count). The fourth-order valence-corrected chi connectivity index (χ4v) is 2.95. The summed E-state index contributed by atoms with van der Waals surface area (Å²) in [6, 6.07) is 8.05. The van der Waals surface area contributed by atoms with E-state index < -0.39 is 0 Å². The van der Waals surface area contributed by atoms with Gasteiger partial charge in [0.25, 0.3) is 0 Å². The fraction of sp³-hybridized carbons (Fsp3) is 0.500. The van der Waals surface area contributed by atoms with Gasteiger partial charge >= 0.3 is 0 Å². The molecule has 92 valence electrons. The normalized spacial score (nSPS) is 23.6. The standard InChI is InChI=1S/C14H18BrNO/c1-10-4-2-7-13(10)14(17)16-9-11-5-3-6-12(15)8-11/h3,5-6,8,10,13H,2,4,7,9H2,1H3,(H,16,17). The van der Waals surface area contributed by atoms with Crippen LogP contribution in [0.1, 0.15) is 31.7 Å². The highest BCUT2D eigenvalue weighted by Crippen LogP contribution is 2.31. The van der Waals surface area contributed by atoms with Crippen molar-refractivity contribution in [1.29, 1.82) is 0 Å². The quantitative estimate of drug-likeness (QED) is 0.908. The molecule has 1 aliphatic rings. The first-order valence-electron chi connectivity index (χ1n) is 6.19. The predicted molar refractivity (Wildman–Crippen MR) is 72.5 cm³/mol.